The molecule has 0 spiro atoms. The van der Waals surface area contributed by atoms with Crippen LogP contribution in [0.25, 0.3) is 22.3 Å². The van der Waals surface area contributed by atoms with Crippen LogP contribution < -0.4 is 10.2 Å². The minimum absolute atomic E-state index is 0.0162. The predicted molar refractivity (Wildman–Crippen MR) is 116 cm³/mol. The molecule has 2 unspecified atom stereocenters. The molecule has 2 amide bonds. The number of rotatable bonds is 3. The molecule has 1 aromatic carbocycles. The van der Waals surface area contributed by atoms with Gasteiger partial charge in [-0.3, -0.25) is 9.89 Å². The molecule has 10 heteroatoms. The molecular formula is C21H25N7O3. The number of aromatic nitrogens is 4. The van der Waals surface area contributed by atoms with Gasteiger partial charge in [-0.25, -0.2) is 14.8 Å². The van der Waals surface area contributed by atoms with Gasteiger partial charge in [-0.15, -0.1) is 0 Å². The summed E-state index contributed by atoms with van der Waals surface area (Å²) >= 11 is 0. The number of piperazine rings is 1. The van der Waals surface area contributed by atoms with Crippen molar-refractivity contribution in [2.24, 2.45) is 0 Å². The molecule has 0 bridgehead atoms. The maximum Gasteiger partial charge on any atom is 0.409 e. The van der Waals surface area contributed by atoms with Crippen molar-refractivity contribution in [3.05, 3.63) is 36.0 Å². The number of carbonyl (C=O) groups is 2. The summed E-state index contributed by atoms with van der Waals surface area (Å²) < 4.78 is 4.87. The predicted octanol–water partition coefficient (Wildman–Crippen LogP) is 2.04. The van der Waals surface area contributed by atoms with E-state index in [1.54, 1.807) is 30.3 Å². The molecular weight excluding hydrogens is 398 g/mol. The van der Waals surface area contributed by atoms with E-state index in [1.807, 2.05) is 26.0 Å². The SMILES string of the molecule is CNC(=O)c1ccc(-c2n[nH]c3cnc(N4C(C)CN(C(=O)OC)CC4C)nc23)cc1. The van der Waals surface area contributed by atoms with E-state index in [0.29, 0.717) is 35.8 Å². The number of ether oxygens (including phenoxy) is 1. The van der Waals surface area contributed by atoms with Crippen LogP contribution in [0.4, 0.5) is 10.7 Å². The Bertz CT molecular complexity index is 1100. The van der Waals surface area contributed by atoms with Crippen molar-refractivity contribution in [1.82, 2.24) is 30.4 Å². The molecule has 0 saturated carbocycles. The van der Waals surface area contributed by atoms with Gasteiger partial charge in [0, 0.05) is 43.3 Å². The summed E-state index contributed by atoms with van der Waals surface area (Å²) in [4.78, 5) is 36.9. The number of anilines is 1. The third-order valence-electron chi connectivity index (χ3n) is 5.52. The van der Waals surface area contributed by atoms with Crippen LogP contribution in [0.2, 0.25) is 0 Å². The Labute approximate surface area is 179 Å². The van der Waals surface area contributed by atoms with Gasteiger partial charge in [0.25, 0.3) is 5.91 Å². The minimum atomic E-state index is -0.327. The Morgan fingerprint density at radius 3 is 2.45 bits per heavy atom. The van der Waals surface area contributed by atoms with Crippen molar-refractivity contribution in [3.63, 3.8) is 0 Å². The fourth-order valence-corrected chi connectivity index (χ4v) is 4.05. The molecule has 1 fully saturated rings. The molecule has 3 heterocycles. The number of benzene rings is 1. The molecule has 2 N–H and O–H groups in total. The largest absolute Gasteiger partial charge is 0.453 e. The Balaban J connectivity index is 1.66. The van der Waals surface area contributed by atoms with Crippen molar-refractivity contribution in [3.8, 4) is 11.3 Å². The highest BCUT2D eigenvalue weighted by molar-refractivity contribution is 5.95. The van der Waals surface area contributed by atoms with Gasteiger partial charge in [0.15, 0.2) is 0 Å². The normalized spacial score (nSPS) is 18.8. The monoisotopic (exact) mass is 423 g/mol. The van der Waals surface area contributed by atoms with Gasteiger partial charge in [0.2, 0.25) is 5.95 Å². The van der Waals surface area contributed by atoms with E-state index in [0.717, 1.165) is 11.1 Å². The minimum Gasteiger partial charge on any atom is -0.453 e. The van der Waals surface area contributed by atoms with Crippen LogP contribution in [-0.2, 0) is 4.74 Å². The molecule has 1 aliphatic rings. The third kappa shape index (κ3) is 3.76. The topological polar surface area (TPSA) is 116 Å². The van der Waals surface area contributed by atoms with Crippen LogP contribution in [0, 0.1) is 0 Å². The highest BCUT2D eigenvalue weighted by Crippen LogP contribution is 2.28. The number of amides is 2. The van der Waals surface area contributed by atoms with Crippen LogP contribution in [0.1, 0.15) is 24.2 Å². The van der Waals surface area contributed by atoms with Gasteiger partial charge >= 0.3 is 6.09 Å². The lowest BCUT2D eigenvalue weighted by molar-refractivity contribution is 0.0963. The van der Waals surface area contributed by atoms with E-state index in [2.05, 4.69) is 25.4 Å². The van der Waals surface area contributed by atoms with Crippen LogP contribution in [0.3, 0.4) is 0 Å². The third-order valence-corrected chi connectivity index (χ3v) is 5.52. The summed E-state index contributed by atoms with van der Waals surface area (Å²) in [7, 11) is 2.99. The average Bonchev–Trinajstić information content (AvgIpc) is 3.21. The quantitative estimate of drug-likeness (QED) is 0.662. The zero-order chi connectivity index (χ0) is 22.1. The first-order valence-corrected chi connectivity index (χ1v) is 10.1. The Hall–Kier alpha value is -3.69. The number of carbonyl (C=O) groups excluding carboxylic acids is 2. The number of nitrogens with one attached hydrogen (secondary N) is 2. The maximum atomic E-state index is 11.9. The number of fused-ring (bicyclic) bond motifs is 1. The van der Waals surface area contributed by atoms with E-state index in [9.17, 15) is 9.59 Å². The molecule has 2 aromatic heterocycles. The lowest BCUT2D eigenvalue weighted by Crippen LogP contribution is -2.58. The summed E-state index contributed by atoms with van der Waals surface area (Å²) in [5.74, 6) is 0.443. The van der Waals surface area contributed by atoms with Gasteiger partial charge in [-0.2, -0.15) is 5.10 Å². The molecule has 4 rings (SSSR count). The number of aromatic amines is 1. The van der Waals surface area contributed by atoms with Crippen molar-refractivity contribution < 1.29 is 14.3 Å². The number of nitrogens with zero attached hydrogens (tertiary/aromatic N) is 5. The molecule has 10 nitrogen and oxygen atoms in total. The zero-order valence-corrected chi connectivity index (χ0v) is 17.9. The maximum absolute atomic E-state index is 11.9. The van der Waals surface area contributed by atoms with Crippen LogP contribution in [-0.4, -0.2) is 76.4 Å². The molecule has 31 heavy (non-hydrogen) atoms. The molecule has 1 saturated heterocycles. The average molecular weight is 423 g/mol. The molecule has 3 aromatic rings. The van der Waals surface area contributed by atoms with E-state index < -0.39 is 0 Å². The van der Waals surface area contributed by atoms with Gasteiger partial charge in [-0.05, 0) is 26.0 Å². The summed E-state index contributed by atoms with van der Waals surface area (Å²) in [6, 6.07) is 7.25. The number of hydrogen-bond acceptors (Lipinski definition) is 7. The van der Waals surface area contributed by atoms with Gasteiger partial charge < -0.3 is 19.9 Å². The Morgan fingerprint density at radius 2 is 1.84 bits per heavy atom. The molecule has 2 atom stereocenters. The van der Waals surface area contributed by atoms with E-state index >= 15 is 0 Å². The number of methoxy groups -OCH3 is 1. The van der Waals surface area contributed by atoms with Crippen molar-refractivity contribution in [2.75, 3.05) is 32.1 Å². The molecule has 0 radical (unpaired) electrons. The van der Waals surface area contributed by atoms with Crippen LogP contribution >= 0.6 is 0 Å². The first kappa shape index (κ1) is 20.6. The number of hydrogen-bond donors (Lipinski definition) is 2. The lowest BCUT2D eigenvalue weighted by atomic mass is 10.1. The van der Waals surface area contributed by atoms with Gasteiger partial charge in [-0.1, -0.05) is 12.1 Å². The molecule has 1 aliphatic heterocycles. The second-order valence-corrected chi connectivity index (χ2v) is 7.64. The summed E-state index contributed by atoms with van der Waals surface area (Å²) in [6.45, 7) is 5.12. The summed E-state index contributed by atoms with van der Waals surface area (Å²) in [5, 5.41) is 10.0. The van der Waals surface area contributed by atoms with E-state index in [4.69, 9.17) is 9.72 Å². The summed E-state index contributed by atoms with van der Waals surface area (Å²) in [5.41, 5.74) is 3.54. The lowest BCUT2D eigenvalue weighted by Gasteiger charge is -2.43. The van der Waals surface area contributed by atoms with Crippen LogP contribution in [0.5, 0.6) is 0 Å². The van der Waals surface area contributed by atoms with E-state index in [1.165, 1.54) is 7.11 Å². The Kier molecular flexibility index (Phi) is 5.45. The van der Waals surface area contributed by atoms with Crippen molar-refractivity contribution >= 4 is 29.0 Å². The number of H-pyrrole nitrogens is 1. The molecule has 162 valence electrons. The highest BCUT2D eigenvalue weighted by Gasteiger charge is 2.34. The standard InChI is InChI=1S/C21H25N7O3/c1-12-10-27(21(30)31-4)11-13(2)28(12)20-23-9-16-18(24-20)17(26-25-16)14-5-7-15(8-6-14)19(29)22-3/h5-9,12-13H,10-11H2,1-4H3,(H,22,29)(H,25,26). The van der Waals surface area contributed by atoms with Gasteiger partial charge in [0.1, 0.15) is 16.7 Å². The highest BCUT2D eigenvalue weighted by atomic mass is 16.5. The first-order chi connectivity index (χ1) is 14.9. The second-order valence-electron chi connectivity index (χ2n) is 7.64. The summed E-state index contributed by atoms with van der Waals surface area (Å²) in [6.07, 6.45) is 1.39. The Morgan fingerprint density at radius 1 is 1.16 bits per heavy atom. The fourth-order valence-electron chi connectivity index (χ4n) is 4.05. The van der Waals surface area contributed by atoms with Crippen LogP contribution in [0.15, 0.2) is 30.5 Å². The van der Waals surface area contributed by atoms with E-state index in [-0.39, 0.29) is 24.1 Å². The smallest absolute Gasteiger partial charge is 0.409 e. The molecule has 0 aliphatic carbocycles. The zero-order valence-electron chi connectivity index (χ0n) is 17.9. The van der Waals surface area contributed by atoms with Crippen molar-refractivity contribution in [1.29, 1.82) is 0 Å². The first-order valence-electron chi connectivity index (χ1n) is 10.1. The van der Waals surface area contributed by atoms with Crippen molar-refractivity contribution in [2.45, 2.75) is 25.9 Å². The van der Waals surface area contributed by atoms with Gasteiger partial charge in [0.05, 0.1) is 13.3 Å². The fraction of sp³-hybridized carbons (Fsp3) is 0.381. The second kappa shape index (κ2) is 8.21.